The van der Waals surface area contributed by atoms with Gasteiger partial charge in [0.2, 0.25) is 0 Å². The average molecular weight is 394 g/mol. The molecule has 0 saturated carbocycles. The second-order valence-electron chi connectivity index (χ2n) is 4.52. The van der Waals surface area contributed by atoms with E-state index in [4.69, 9.17) is 48.8 Å². The zero-order chi connectivity index (χ0) is 17.7. The van der Waals surface area contributed by atoms with Crippen LogP contribution >= 0.6 is 34.8 Å². The van der Waals surface area contributed by atoms with E-state index in [1.807, 2.05) is 0 Å². The van der Waals surface area contributed by atoms with E-state index in [1.54, 1.807) is 6.92 Å². The van der Waals surface area contributed by atoms with Crippen LogP contribution in [0.15, 0.2) is 22.7 Å². The third kappa shape index (κ3) is 5.30. The molecule has 0 aliphatic rings. The predicted octanol–water partition coefficient (Wildman–Crippen LogP) is 3.50. The molecule has 1 aromatic carbocycles. The number of halogens is 3. The number of esters is 1. The Labute approximate surface area is 151 Å². The lowest BCUT2D eigenvalue weighted by atomic mass is 10.3. The van der Waals surface area contributed by atoms with Crippen LogP contribution < -0.4 is 10.1 Å². The standard InChI is InChI=1S/C14H11Cl3N2O5/c1-7-2-13(19-24-7)22-6-14(21)23-5-12(20)18-11-4-9(16)8(15)3-10(11)17/h2-4H,5-6H2,1H3,(H,18,20). The summed E-state index contributed by atoms with van der Waals surface area (Å²) in [5, 5.41) is 6.68. The molecule has 0 bridgehead atoms. The highest BCUT2D eigenvalue weighted by molar-refractivity contribution is 6.44. The number of nitrogens with one attached hydrogen (secondary N) is 1. The van der Waals surface area contributed by atoms with Crippen LogP contribution in [0.5, 0.6) is 5.88 Å². The smallest absolute Gasteiger partial charge is 0.344 e. The zero-order valence-corrected chi connectivity index (χ0v) is 14.5. The van der Waals surface area contributed by atoms with E-state index in [0.29, 0.717) is 5.76 Å². The van der Waals surface area contributed by atoms with Gasteiger partial charge in [-0.3, -0.25) is 4.79 Å². The van der Waals surface area contributed by atoms with Crippen molar-refractivity contribution >= 4 is 52.4 Å². The van der Waals surface area contributed by atoms with Crippen LogP contribution in [0.25, 0.3) is 0 Å². The SMILES string of the molecule is Cc1cc(OCC(=O)OCC(=O)Nc2cc(Cl)c(Cl)cc2Cl)no1. The summed E-state index contributed by atoms with van der Waals surface area (Å²) in [7, 11) is 0. The average Bonchev–Trinajstić information content (AvgIpc) is 2.94. The molecule has 7 nitrogen and oxygen atoms in total. The fraction of sp³-hybridized carbons (Fsp3) is 0.214. The summed E-state index contributed by atoms with van der Waals surface area (Å²) < 4.78 is 14.6. The first-order valence-corrected chi connectivity index (χ1v) is 7.64. The lowest BCUT2D eigenvalue weighted by Gasteiger charge is -2.09. The fourth-order valence-electron chi connectivity index (χ4n) is 1.54. The van der Waals surface area contributed by atoms with Gasteiger partial charge in [0.15, 0.2) is 13.2 Å². The number of benzene rings is 1. The van der Waals surface area contributed by atoms with E-state index in [2.05, 4.69) is 10.5 Å². The molecule has 1 aromatic heterocycles. The van der Waals surface area contributed by atoms with Gasteiger partial charge in [-0.25, -0.2) is 4.79 Å². The lowest BCUT2D eigenvalue weighted by molar-refractivity contribution is -0.149. The number of aryl methyl sites for hydroxylation is 1. The van der Waals surface area contributed by atoms with E-state index < -0.39 is 25.1 Å². The molecular weight excluding hydrogens is 383 g/mol. The number of hydrogen-bond acceptors (Lipinski definition) is 6. The van der Waals surface area contributed by atoms with Gasteiger partial charge in [-0.05, 0) is 24.2 Å². The molecule has 0 aliphatic carbocycles. The molecule has 0 fully saturated rings. The molecule has 0 unspecified atom stereocenters. The van der Waals surface area contributed by atoms with Crippen molar-refractivity contribution in [3.05, 3.63) is 39.0 Å². The summed E-state index contributed by atoms with van der Waals surface area (Å²) in [6.07, 6.45) is 0. The van der Waals surface area contributed by atoms with Crippen molar-refractivity contribution in [3.8, 4) is 5.88 Å². The molecular formula is C14H11Cl3N2O5. The second-order valence-corrected chi connectivity index (χ2v) is 5.74. The summed E-state index contributed by atoms with van der Waals surface area (Å²) in [6.45, 7) is 0.750. The maximum absolute atomic E-state index is 11.8. The minimum Gasteiger partial charge on any atom is -0.463 e. The third-order valence-electron chi connectivity index (χ3n) is 2.59. The molecule has 0 spiro atoms. The summed E-state index contributed by atoms with van der Waals surface area (Å²) in [4.78, 5) is 23.2. The Morgan fingerprint density at radius 2 is 1.83 bits per heavy atom. The molecule has 0 atom stereocenters. The van der Waals surface area contributed by atoms with Crippen LogP contribution in [0, 0.1) is 6.92 Å². The Hall–Kier alpha value is -1.96. The Bertz CT molecular complexity index is 763. The molecule has 1 heterocycles. The normalized spacial score (nSPS) is 10.3. The molecule has 128 valence electrons. The number of anilines is 1. The van der Waals surface area contributed by atoms with Crippen LogP contribution in [0.1, 0.15) is 5.76 Å². The van der Waals surface area contributed by atoms with Gasteiger partial charge in [-0.15, -0.1) is 0 Å². The van der Waals surface area contributed by atoms with Crippen molar-refractivity contribution in [2.75, 3.05) is 18.5 Å². The second kappa shape index (κ2) is 8.23. The minimum atomic E-state index is -0.744. The Balaban J connectivity index is 1.78. The quantitative estimate of drug-likeness (QED) is 0.596. The molecule has 1 amide bonds. The highest BCUT2D eigenvalue weighted by Crippen LogP contribution is 2.32. The van der Waals surface area contributed by atoms with Gasteiger partial charge < -0.3 is 19.3 Å². The lowest BCUT2D eigenvalue weighted by Crippen LogP contribution is -2.23. The highest BCUT2D eigenvalue weighted by Gasteiger charge is 2.13. The first kappa shape index (κ1) is 18.4. The number of rotatable bonds is 6. The van der Waals surface area contributed by atoms with Crippen LogP contribution in [0.3, 0.4) is 0 Å². The van der Waals surface area contributed by atoms with Gasteiger partial charge in [-0.2, -0.15) is 0 Å². The number of amides is 1. The molecule has 10 heteroatoms. The van der Waals surface area contributed by atoms with Gasteiger partial charge in [0.25, 0.3) is 11.8 Å². The van der Waals surface area contributed by atoms with Gasteiger partial charge in [0.1, 0.15) is 5.76 Å². The number of ether oxygens (including phenoxy) is 2. The first-order chi connectivity index (χ1) is 11.3. The summed E-state index contributed by atoms with van der Waals surface area (Å²) in [6, 6.07) is 4.29. The van der Waals surface area contributed by atoms with E-state index in [1.165, 1.54) is 18.2 Å². The largest absolute Gasteiger partial charge is 0.463 e. The molecule has 24 heavy (non-hydrogen) atoms. The summed E-state index contributed by atoms with van der Waals surface area (Å²) >= 11 is 17.6. The van der Waals surface area contributed by atoms with Crippen molar-refractivity contribution in [2.24, 2.45) is 0 Å². The van der Waals surface area contributed by atoms with E-state index >= 15 is 0 Å². The van der Waals surface area contributed by atoms with E-state index in [0.717, 1.165) is 0 Å². The summed E-state index contributed by atoms with van der Waals surface area (Å²) in [5.41, 5.74) is 0.251. The topological polar surface area (TPSA) is 90.7 Å². The maximum Gasteiger partial charge on any atom is 0.344 e. The molecule has 0 aliphatic heterocycles. The van der Waals surface area contributed by atoms with Crippen molar-refractivity contribution in [1.82, 2.24) is 5.16 Å². The van der Waals surface area contributed by atoms with Crippen LogP contribution in [-0.4, -0.2) is 30.2 Å². The Kier molecular flexibility index (Phi) is 6.30. The van der Waals surface area contributed by atoms with Crippen LogP contribution in [-0.2, 0) is 14.3 Å². The van der Waals surface area contributed by atoms with Crippen molar-refractivity contribution < 1.29 is 23.6 Å². The summed E-state index contributed by atoms with van der Waals surface area (Å²) in [5.74, 6) is -0.653. The van der Waals surface area contributed by atoms with Gasteiger partial charge in [0.05, 0.1) is 20.8 Å². The minimum absolute atomic E-state index is 0.150. The third-order valence-corrected chi connectivity index (χ3v) is 3.63. The van der Waals surface area contributed by atoms with Crippen LogP contribution in [0.2, 0.25) is 15.1 Å². The number of carbonyl (C=O) groups excluding carboxylic acids is 2. The molecule has 2 aromatic rings. The Morgan fingerprint density at radius 1 is 1.12 bits per heavy atom. The fourth-order valence-corrected chi connectivity index (χ4v) is 2.13. The highest BCUT2D eigenvalue weighted by atomic mass is 35.5. The Morgan fingerprint density at radius 3 is 2.50 bits per heavy atom. The molecule has 2 rings (SSSR count). The van der Waals surface area contributed by atoms with Gasteiger partial charge >= 0.3 is 5.97 Å². The van der Waals surface area contributed by atoms with E-state index in [9.17, 15) is 9.59 Å². The number of nitrogens with zero attached hydrogens (tertiary/aromatic N) is 1. The monoisotopic (exact) mass is 392 g/mol. The van der Waals surface area contributed by atoms with Crippen LogP contribution in [0.4, 0.5) is 5.69 Å². The maximum atomic E-state index is 11.8. The number of aromatic nitrogens is 1. The van der Waals surface area contributed by atoms with Crippen molar-refractivity contribution in [3.63, 3.8) is 0 Å². The number of carbonyl (C=O) groups is 2. The number of hydrogen-bond donors (Lipinski definition) is 1. The zero-order valence-electron chi connectivity index (χ0n) is 12.3. The molecule has 1 N–H and O–H groups in total. The van der Waals surface area contributed by atoms with Crippen molar-refractivity contribution in [1.29, 1.82) is 0 Å². The van der Waals surface area contributed by atoms with Gasteiger partial charge in [0, 0.05) is 6.07 Å². The first-order valence-electron chi connectivity index (χ1n) is 6.51. The predicted molar refractivity (Wildman–Crippen MR) is 87.8 cm³/mol. The molecule has 0 saturated heterocycles. The van der Waals surface area contributed by atoms with Crippen molar-refractivity contribution in [2.45, 2.75) is 6.92 Å². The van der Waals surface area contributed by atoms with Gasteiger partial charge in [-0.1, -0.05) is 34.8 Å². The van der Waals surface area contributed by atoms with E-state index in [-0.39, 0.29) is 26.6 Å². The molecule has 0 radical (unpaired) electrons.